The second kappa shape index (κ2) is 8.11. The smallest absolute Gasteiger partial charge is 0.326 e. The van der Waals surface area contributed by atoms with Gasteiger partial charge in [0.25, 0.3) is 0 Å². The van der Waals surface area contributed by atoms with Crippen molar-refractivity contribution in [2.24, 2.45) is 0 Å². The molecule has 0 aliphatic heterocycles. The predicted octanol–water partition coefficient (Wildman–Crippen LogP) is 0.931. The summed E-state index contributed by atoms with van der Waals surface area (Å²) in [5.74, 6) is -1.09. The molecular formula is C13H19N3O4. The number of carboxylic acid groups (broad SMARTS) is 1. The summed E-state index contributed by atoms with van der Waals surface area (Å²) in [5.41, 5.74) is 0.888. The molecule has 0 bridgehead atoms. The Morgan fingerprint density at radius 1 is 1.35 bits per heavy atom. The molecule has 0 spiro atoms. The minimum atomic E-state index is -1.09. The lowest BCUT2D eigenvalue weighted by molar-refractivity contribution is -0.139. The summed E-state index contributed by atoms with van der Waals surface area (Å²) in [4.78, 5) is 26.6. The Balaban J connectivity index is 2.51. The minimum absolute atomic E-state index is 0.211. The molecule has 2 unspecified atom stereocenters. The van der Waals surface area contributed by atoms with Crippen LogP contribution in [0.1, 0.15) is 24.9 Å². The van der Waals surface area contributed by atoms with Crippen molar-refractivity contribution in [3.05, 3.63) is 30.1 Å². The van der Waals surface area contributed by atoms with E-state index in [9.17, 15) is 9.59 Å². The lowest BCUT2D eigenvalue weighted by atomic mass is 10.1. The highest BCUT2D eigenvalue weighted by molar-refractivity contribution is 5.82. The number of carbonyl (C=O) groups is 2. The van der Waals surface area contributed by atoms with Gasteiger partial charge >= 0.3 is 12.0 Å². The third-order valence-corrected chi connectivity index (χ3v) is 2.77. The molecule has 0 fully saturated rings. The first-order chi connectivity index (χ1) is 9.54. The summed E-state index contributed by atoms with van der Waals surface area (Å²) >= 11 is 0. The van der Waals surface area contributed by atoms with Gasteiger partial charge in [-0.15, -0.1) is 0 Å². The number of methoxy groups -OCH3 is 1. The molecular weight excluding hydrogens is 262 g/mol. The average molecular weight is 281 g/mol. The topological polar surface area (TPSA) is 101 Å². The first-order valence-corrected chi connectivity index (χ1v) is 6.23. The Labute approximate surface area is 117 Å². The molecule has 1 heterocycles. The van der Waals surface area contributed by atoms with Crippen molar-refractivity contribution in [1.29, 1.82) is 0 Å². The number of nitrogens with zero attached hydrogens (tertiary/aromatic N) is 1. The number of hydrogen-bond acceptors (Lipinski definition) is 4. The van der Waals surface area contributed by atoms with Crippen molar-refractivity contribution >= 4 is 12.0 Å². The van der Waals surface area contributed by atoms with Crippen molar-refractivity contribution in [3.63, 3.8) is 0 Å². The summed E-state index contributed by atoms with van der Waals surface area (Å²) in [6.45, 7) is 2.07. The number of ether oxygens (including phenoxy) is 1. The quantitative estimate of drug-likeness (QED) is 0.690. The van der Waals surface area contributed by atoms with E-state index in [2.05, 4.69) is 15.6 Å². The van der Waals surface area contributed by atoms with Gasteiger partial charge in [-0.2, -0.15) is 0 Å². The average Bonchev–Trinajstić information content (AvgIpc) is 2.44. The van der Waals surface area contributed by atoms with Crippen molar-refractivity contribution in [2.75, 3.05) is 13.7 Å². The van der Waals surface area contributed by atoms with E-state index in [1.807, 2.05) is 0 Å². The van der Waals surface area contributed by atoms with E-state index in [0.29, 0.717) is 0 Å². The van der Waals surface area contributed by atoms with Gasteiger partial charge in [0.1, 0.15) is 6.04 Å². The van der Waals surface area contributed by atoms with Crippen LogP contribution in [0, 0.1) is 0 Å². The van der Waals surface area contributed by atoms with Crippen LogP contribution in [0.5, 0.6) is 0 Å². The van der Waals surface area contributed by atoms with E-state index < -0.39 is 18.0 Å². The lowest BCUT2D eigenvalue weighted by Crippen LogP contribution is -2.47. The van der Waals surface area contributed by atoms with Crippen molar-refractivity contribution in [3.8, 4) is 0 Å². The largest absolute Gasteiger partial charge is 0.480 e. The number of rotatable bonds is 7. The maximum atomic E-state index is 11.8. The van der Waals surface area contributed by atoms with E-state index in [0.717, 1.165) is 5.56 Å². The van der Waals surface area contributed by atoms with Gasteiger partial charge in [0.2, 0.25) is 0 Å². The van der Waals surface area contributed by atoms with Crippen LogP contribution in [0.25, 0.3) is 0 Å². The van der Waals surface area contributed by atoms with Gasteiger partial charge in [-0.1, -0.05) is 0 Å². The molecule has 110 valence electrons. The molecule has 1 rings (SSSR count). The monoisotopic (exact) mass is 281 g/mol. The molecule has 0 aliphatic rings. The minimum Gasteiger partial charge on any atom is -0.480 e. The third kappa shape index (κ3) is 5.23. The van der Waals surface area contributed by atoms with Crippen LogP contribution < -0.4 is 10.6 Å². The van der Waals surface area contributed by atoms with Crippen LogP contribution in [0.15, 0.2) is 24.5 Å². The second-order valence-corrected chi connectivity index (χ2v) is 4.29. The van der Waals surface area contributed by atoms with E-state index in [1.165, 1.54) is 7.11 Å². The fourth-order valence-electron chi connectivity index (χ4n) is 1.63. The lowest BCUT2D eigenvalue weighted by Gasteiger charge is -2.18. The van der Waals surface area contributed by atoms with Gasteiger partial charge in [-0.05, 0) is 24.6 Å². The number of urea groups is 1. The zero-order valence-electron chi connectivity index (χ0n) is 11.5. The number of aliphatic carboxylic acids is 1. The van der Waals surface area contributed by atoms with Crippen LogP contribution >= 0.6 is 0 Å². The van der Waals surface area contributed by atoms with E-state index >= 15 is 0 Å². The Kier molecular flexibility index (Phi) is 6.45. The van der Waals surface area contributed by atoms with Crippen molar-refractivity contribution < 1.29 is 19.4 Å². The third-order valence-electron chi connectivity index (χ3n) is 2.77. The Morgan fingerprint density at radius 3 is 2.55 bits per heavy atom. The molecule has 0 saturated carbocycles. The number of nitrogens with one attached hydrogen (secondary N) is 2. The molecule has 2 atom stereocenters. The predicted molar refractivity (Wildman–Crippen MR) is 72.2 cm³/mol. The van der Waals surface area contributed by atoms with E-state index in [-0.39, 0.29) is 19.1 Å². The molecule has 2 amide bonds. The number of carbonyl (C=O) groups excluding carboxylic acids is 1. The summed E-state index contributed by atoms with van der Waals surface area (Å²) in [6.07, 6.45) is 3.47. The van der Waals surface area contributed by atoms with Gasteiger partial charge in [0.15, 0.2) is 0 Å². The van der Waals surface area contributed by atoms with Crippen LogP contribution in [-0.2, 0) is 9.53 Å². The highest BCUT2D eigenvalue weighted by Crippen LogP contribution is 2.09. The summed E-state index contributed by atoms with van der Waals surface area (Å²) in [6, 6.07) is 1.82. The van der Waals surface area contributed by atoms with Crippen LogP contribution in [0.3, 0.4) is 0 Å². The normalized spacial score (nSPS) is 13.3. The molecule has 7 nitrogen and oxygen atoms in total. The first-order valence-electron chi connectivity index (χ1n) is 6.23. The van der Waals surface area contributed by atoms with Crippen LogP contribution in [0.2, 0.25) is 0 Å². The molecule has 0 saturated heterocycles. The zero-order chi connectivity index (χ0) is 15.0. The Bertz CT molecular complexity index is 439. The number of hydrogen-bond donors (Lipinski definition) is 3. The maximum absolute atomic E-state index is 11.8. The van der Waals surface area contributed by atoms with Gasteiger partial charge in [0, 0.05) is 32.5 Å². The second-order valence-electron chi connectivity index (χ2n) is 4.29. The van der Waals surface area contributed by atoms with Crippen molar-refractivity contribution in [2.45, 2.75) is 25.4 Å². The SMILES string of the molecule is COCCC(NC(=O)NC(C)c1ccncc1)C(=O)O. The highest BCUT2D eigenvalue weighted by atomic mass is 16.5. The molecule has 1 aromatic rings. The fraction of sp³-hybridized carbons (Fsp3) is 0.462. The zero-order valence-corrected chi connectivity index (χ0v) is 11.5. The van der Waals surface area contributed by atoms with Crippen LogP contribution in [0.4, 0.5) is 4.79 Å². The maximum Gasteiger partial charge on any atom is 0.326 e. The Hall–Kier alpha value is -2.15. The molecule has 0 aromatic carbocycles. The number of carboxylic acids is 1. The van der Waals surface area contributed by atoms with Crippen molar-refractivity contribution in [1.82, 2.24) is 15.6 Å². The highest BCUT2D eigenvalue weighted by Gasteiger charge is 2.20. The molecule has 7 heteroatoms. The van der Waals surface area contributed by atoms with Gasteiger partial charge < -0.3 is 20.5 Å². The van der Waals surface area contributed by atoms with E-state index in [4.69, 9.17) is 9.84 Å². The molecule has 1 aromatic heterocycles. The molecule has 0 aliphatic carbocycles. The number of amides is 2. The summed E-state index contributed by atoms with van der Waals surface area (Å²) in [5, 5.41) is 14.1. The van der Waals surface area contributed by atoms with Gasteiger partial charge in [0.05, 0.1) is 6.04 Å². The molecule has 3 N–H and O–H groups in total. The number of pyridine rings is 1. The molecule has 0 radical (unpaired) electrons. The Morgan fingerprint density at radius 2 is 2.00 bits per heavy atom. The van der Waals surface area contributed by atoms with Gasteiger partial charge in [-0.3, -0.25) is 4.98 Å². The standard InChI is InChI=1S/C13H19N3O4/c1-9(10-3-6-14-7-4-10)15-13(19)16-11(12(17)18)5-8-20-2/h3-4,6-7,9,11H,5,8H2,1-2H3,(H,17,18)(H2,15,16,19). The molecule has 20 heavy (non-hydrogen) atoms. The van der Waals surface area contributed by atoms with E-state index in [1.54, 1.807) is 31.5 Å². The number of aromatic nitrogens is 1. The first kappa shape index (κ1) is 15.9. The van der Waals surface area contributed by atoms with Gasteiger partial charge in [-0.25, -0.2) is 9.59 Å². The summed E-state index contributed by atoms with van der Waals surface area (Å²) in [7, 11) is 1.48. The van der Waals surface area contributed by atoms with Crippen LogP contribution in [-0.4, -0.2) is 41.8 Å². The fourth-order valence-corrected chi connectivity index (χ4v) is 1.63. The summed E-state index contributed by atoms with van der Waals surface area (Å²) < 4.78 is 4.81.